The van der Waals surface area contributed by atoms with E-state index in [0.29, 0.717) is 27.8 Å². The molecule has 0 bridgehead atoms. The minimum absolute atomic E-state index is 0.204. The minimum atomic E-state index is -0.789. The van der Waals surface area contributed by atoms with Gasteiger partial charge in [-0.05, 0) is 42.7 Å². The molecule has 0 aromatic heterocycles. The van der Waals surface area contributed by atoms with Crippen molar-refractivity contribution in [1.82, 2.24) is 5.32 Å². The first-order valence-corrected chi connectivity index (χ1v) is 11.0. The highest BCUT2D eigenvalue weighted by atomic mass is 35.5. The van der Waals surface area contributed by atoms with Crippen LogP contribution in [0.25, 0.3) is 0 Å². The summed E-state index contributed by atoms with van der Waals surface area (Å²) in [6, 6.07) is 10.2. The second-order valence-corrected chi connectivity index (χ2v) is 8.45. The van der Waals surface area contributed by atoms with Gasteiger partial charge >= 0.3 is 12.0 Å². The number of primary amides is 1. The van der Waals surface area contributed by atoms with Crippen LogP contribution in [-0.2, 0) is 14.3 Å². The Hall–Kier alpha value is -3.46. The van der Waals surface area contributed by atoms with Crippen LogP contribution in [0.4, 0.5) is 10.5 Å². The van der Waals surface area contributed by atoms with Gasteiger partial charge in [-0.1, -0.05) is 23.7 Å². The average Bonchev–Trinajstić information content (AvgIpc) is 3.37. The molecule has 2 aromatic carbocycles. The summed E-state index contributed by atoms with van der Waals surface area (Å²) in [5.41, 5.74) is 6.34. The third-order valence-corrected chi connectivity index (χ3v) is 5.76. The number of ether oxygens (including phenoxy) is 3. The minimum Gasteiger partial charge on any atom is -0.455 e. The molecule has 0 saturated heterocycles. The maximum Gasteiger partial charge on any atom is 0.312 e. The van der Waals surface area contributed by atoms with Crippen molar-refractivity contribution >= 4 is 35.2 Å². The van der Waals surface area contributed by atoms with Gasteiger partial charge in [0.2, 0.25) is 0 Å². The molecular formula is C23H24ClN3O6. The third kappa shape index (κ3) is 5.67. The van der Waals surface area contributed by atoms with E-state index < -0.39 is 36.3 Å². The highest BCUT2D eigenvalue weighted by Crippen LogP contribution is 2.47. The molecule has 1 saturated carbocycles. The number of halogens is 1. The Morgan fingerprint density at radius 1 is 1.06 bits per heavy atom. The van der Waals surface area contributed by atoms with Crippen LogP contribution in [0.3, 0.4) is 0 Å². The number of amides is 3. The van der Waals surface area contributed by atoms with Crippen molar-refractivity contribution in [2.75, 3.05) is 11.9 Å². The molecule has 1 unspecified atom stereocenters. The van der Waals surface area contributed by atoms with E-state index >= 15 is 0 Å². The number of hydrogen-bond acceptors (Lipinski definition) is 6. The van der Waals surface area contributed by atoms with E-state index in [0.717, 1.165) is 25.7 Å². The van der Waals surface area contributed by atoms with Gasteiger partial charge in [-0.2, -0.15) is 0 Å². The molecule has 33 heavy (non-hydrogen) atoms. The molecule has 4 N–H and O–H groups in total. The van der Waals surface area contributed by atoms with E-state index in [4.69, 9.17) is 31.5 Å². The predicted molar refractivity (Wildman–Crippen MR) is 120 cm³/mol. The fourth-order valence-electron chi connectivity index (χ4n) is 3.98. The largest absolute Gasteiger partial charge is 0.455 e. The maximum absolute atomic E-state index is 12.3. The SMILES string of the molecule is NC(=O)NC(CC(=O)OCC(=O)Nc1ccc2c(c1)OC1(CCCC1)O2)c1ccc(Cl)cc1. The number of carbonyl (C=O) groups is 3. The standard InChI is InChI=1S/C23H24ClN3O6/c24-15-5-3-14(4-6-15)17(27-22(25)30)12-21(29)31-13-20(28)26-16-7-8-18-19(11-16)33-23(32-18)9-1-2-10-23/h3-8,11,17H,1-2,9-10,12-13H2,(H,26,28)(H3,25,27,30). The number of anilines is 1. The number of esters is 1. The molecule has 3 amide bonds. The maximum atomic E-state index is 12.3. The Bertz CT molecular complexity index is 1050. The number of benzene rings is 2. The first-order chi connectivity index (χ1) is 15.8. The molecule has 4 rings (SSSR count). The van der Waals surface area contributed by atoms with E-state index in [1.54, 1.807) is 42.5 Å². The summed E-state index contributed by atoms with van der Waals surface area (Å²) in [6.07, 6.45) is 3.57. The van der Waals surface area contributed by atoms with E-state index in [2.05, 4.69) is 10.6 Å². The van der Waals surface area contributed by atoms with Crippen LogP contribution < -0.4 is 25.8 Å². The molecular weight excluding hydrogens is 450 g/mol. The second kappa shape index (κ2) is 9.58. The lowest BCUT2D eigenvalue weighted by Crippen LogP contribution is -2.35. The van der Waals surface area contributed by atoms with Crippen molar-refractivity contribution in [3.63, 3.8) is 0 Å². The van der Waals surface area contributed by atoms with E-state index in [9.17, 15) is 14.4 Å². The summed E-state index contributed by atoms with van der Waals surface area (Å²) in [5.74, 6) is -0.539. The molecule has 1 aliphatic carbocycles. The van der Waals surface area contributed by atoms with Gasteiger partial charge in [0.1, 0.15) is 0 Å². The van der Waals surface area contributed by atoms with Crippen LogP contribution in [0.15, 0.2) is 42.5 Å². The van der Waals surface area contributed by atoms with Crippen LogP contribution >= 0.6 is 11.6 Å². The third-order valence-electron chi connectivity index (χ3n) is 5.51. The van der Waals surface area contributed by atoms with Crippen LogP contribution in [-0.4, -0.2) is 30.3 Å². The molecule has 2 aliphatic rings. The van der Waals surface area contributed by atoms with E-state index in [1.165, 1.54) is 0 Å². The molecule has 1 aliphatic heterocycles. The van der Waals surface area contributed by atoms with Gasteiger partial charge in [0.15, 0.2) is 18.1 Å². The zero-order valence-electron chi connectivity index (χ0n) is 17.8. The predicted octanol–water partition coefficient (Wildman–Crippen LogP) is 3.66. The number of rotatable bonds is 7. The highest BCUT2D eigenvalue weighted by Gasteiger charge is 2.44. The summed E-state index contributed by atoms with van der Waals surface area (Å²) >= 11 is 5.88. The van der Waals surface area contributed by atoms with Crippen molar-refractivity contribution in [3.8, 4) is 11.5 Å². The van der Waals surface area contributed by atoms with Crippen molar-refractivity contribution in [1.29, 1.82) is 0 Å². The lowest BCUT2D eigenvalue weighted by Gasteiger charge is -2.21. The van der Waals surface area contributed by atoms with E-state index in [-0.39, 0.29) is 6.42 Å². The van der Waals surface area contributed by atoms with E-state index in [1.807, 2.05) is 0 Å². The molecule has 174 valence electrons. The van der Waals surface area contributed by atoms with Crippen molar-refractivity contribution in [2.45, 2.75) is 43.9 Å². The second-order valence-electron chi connectivity index (χ2n) is 8.01. The summed E-state index contributed by atoms with van der Waals surface area (Å²) in [4.78, 5) is 35.9. The number of urea groups is 1. The summed E-state index contributed by atoms with van der Waals surface area (Å²) in [7, 11) is 0. The fraction of sp³-hybridized carbons (Fsp3) is 0.348. The van der Waals surface area contributed by atoms with Gasteiger partial charge in [-0.25, -0.2) is 4.79 Å². The van der Waals surface area contributed by atoms with Gasteiger partial charge in [-0.3, -0.25) is 9.59 Å². The highest BCUT2D eigenvalue weighted by molar-refractivity contribution is 6.30. The quantitative estimate of drug-likeness (QED) is 0.526. The van der Waals surface area contributed by atoms with Gasteiger partial charge in [-0.15, -0.1) is 0 Å². The van der Waals surface area contributed by atoms with Crippen LogP contribution in [0, 0.1) is 0 Å². The normalized spacial score (nSPS) is 16.3. The first-order valence-electron chi connectivity index (χ1n) is 10.6. The number of fused-ring (bicyclic) bond motifs is 1. The summed E-state index contributed by atoms with van der Waals surface area (Å²) in [6.45, 7) is -0.485. The van der Waals surface area contributed by atoms with Crippen molar-refractivity contribution in [3.05, 3.63) is 53.1 Å². The topological polar surface area (TPSA) is 129 Å². The molecule has 2 aromatic rings. The van der Waals surface area contributed by atoms with Gasteiger partial charge in [0, 0.05) is 29.6 Å². The van der Waals surface area contributed by atoms with Gasteiger partial charge in [0.05, 0.1) is 12.5 Å². The summed E-state index contributed by atoms with van der Waals surface area (Å²) < 4.78 is 17.0. The Balaban J connectivity index is 1.29. The Kier molecular flexibility index (Phi) is 6.60. The molecule has 10 heteroatoms. The molecule has 1 heterocycles. The van der Waals surface area contributed by atoms with Gasteiger partial charge in [0.25, 0.3) is 11.7 Å². The zero-order valence-corrected chi connectivity index (χ0v) is 18.5. The smallest absolute Gasteiger partial charge is 0.312 e. The number of carbonyl (C=O) groups excluding carboxylic acids is 3. The average molecular weight is 474 g/mol. The van der Waals surface area contributed by atoms with Crippen LogP contribution in [0.1, 0.15) is 43.7 Å². The molecule has 0 radical (unpaired) electrons. The van der Waals surface area contributed by atoms with Crippen molar-refractivity contribution < 1.29 is 28.6 Å². The molecule has 9 nitrogen and oxygen atoms in total. The first kappa shape index (κ1) is 22.7. The zero-order chi connectivity index (χ0) is 23.4. The van der Waals surface area contributed by atoms with Gasteiger partial charge < -0.3 is 30.6 Å². The Morgan fingerprint density at radius 2 is 1.76 bits per heavy atom. The fourth-order valence-corrected chi connectivity index (χ4v) is 4.10. The summed E-state index contributed by atoms with van der Waals surface area (Å²) in [5, 5.41) is 5.67. The van der Waals surface area contributed by atoms with Crippen molar-refractivity contribution in [2.24, 2.45) is 5.73 Å². The van der Waals surface area contributed by atoms with Crippen LogP contribution in [0.2, 0.25) is 5.02 Å². The number of hydrogen-bond donors (Lipinski definition) is 3. The monoisotopic (exact) mass is 473 g/mol. The molecule has 1 spiro atoms. The number of nitrogens with two attached hydrogens (primary N) is 1. The Morgan fingerprint density at radius 3 is 2.45 bits per heavy atom. The lowest BCUT2D eigenvalue weighted by atomic mass is 10.0. The lowest BCUT2D eigenvalue weighted by molar-refractivity contribution is -0.147. The van der Waals surface area contributed by atoms with Crippen LogP contribution in [0.5, 0.6) is 11.5 Å². The molecule has 1 fully saturated rings. The number of nitrogens with one attached hydrogen (secondary N) is 2. The molecule has 1 atom stereocenters. The Labute approximate surface area is 195 Å².